The van der Waals surface area contributed by atoms with Crippen molar-refractivity contribution in [1.29, 1.82) is 0 Å². The molecular formula is C24H40O5. The van der Waals surface area contributed by atoms with Gasteiger partial charge in [-0.3, -0.25) is 4.79 Å². The molecule has 0 aromatic rings. The molecule has 0 bridgehead atoms. The third kappa shape index (κ3) is 9.18. The van der Waals surface area contributed by atoms with Gasteiger partial charge >= 0.3 is 5.97 Å². The van der Waals surface area contributed by atoms with E-state index >= 15 is 0 Å². The van der Waals surface area contributed by atoms with E-state index in [-0.39, 0.29) is 12.5 Å². The molecule has 0 saturated carbocycles. The van der Waals surface area contributed by atoms with Crippen LogP contribution >= 0.6 is 0 Å². The maximum absolute atomic E-state index is 10.5. The van der Waals surface area contributed by atoms with Crippen LogP contribution in [0.1, 0.15) is 96.8 Å². The van der Waals surface area contributed by atoms with Gasteiger partial charge in [0.05, 0.1) is 36.6 Å². The summed E-state index contributed by atoms with van der Waals surface area (Å²) < 4.78 is 17.2. The van der Waals surface area contributed by atoms with Gasteiger partial charge < -0.3 is 19.3 Å². The average Bonchev–Trinajstić information content (AvgIpc) is 3.59. The lowest BCUT2D eigenvalue weighted by atomic mass is 10.0. The number of hydrogen-bond acceptors (Lipinski definition) is 4. The van der Waals surface area contributed by atoms with Gasteiger partial charge in [0.1, 0.15) is 0 Å². The molecule has 166 valence electrons. The Morgan fingerprint density at radius 1 is 0.724 bits per heavy atom. The van der Waals surface area contributed by atoms with E-state index in [1.165, 1.54) is 51.4 Å². The van der Waals surface area contributed by atoms with Crippen LogP contribution in [0.5, 0.6) is 0 Å². The molecule has 0 amide bonds. The second-order valence-electron chi connectivity index (χ2n) is 9.01. The second kappa shape index (κ2) is 12.1. The monoisotopic (exact) mass is 408 g/mol. The van der Waals surface area contributed by atoms with Crippen molar-refractivity contribution in [2.45, 2.75) is 133 Å². The zero-order valence-electron chi connectivity index (χ0n) is 18.1. The Morgan fingerprint density at radius 2 is 1.24 bits per heavy atom. The van der Waals surface area contributed by atoms with Crippen molar-refractivity contribution in [2.75, 3.05) is 0 Å². The van der Waals surface area contributed by atoms with E-state index in [9.17, 15) is 4.79 Å². The zero-order valence-corrected chi connectivity index (χ0v) is 18.1. The van der Waals surface area contributed by atoms with Crippen LogP contribution in [0.25, 0.3) is 0 Å². The summed E-state index contributed by atoms with van der Waals surface area (Å²) in [7, 11) is 0. The molecular weight excluding hydrogens is 368 g/mol. The van der Waals surface area contributed by atoms with Gasteiger partial charge in [-0.1, -0.05) is 64.0 Å². The van der Waals surface area contributed by atoms with Crippen molar-refractivity contribution in [3.8, 4) is 0 Å². The normalized spacial score (nSPS) is 32.6. The van der Waals surface area contributed by atoms with E-state index in [4.69, 9.17) is 19.3 Å². The predicted molar refractivity (Wildman–Crippen MR) is 113 cm³/mol. The van der Waals surface area contributed by atoms with Gasteiger partial charge in [-0.25, -0.2) is 0 Å². The van der Waals surface area contributed by atoms with Crippen LogP contribution in [-0.4, -0.2) is 47.7 Å². The summed E-state index contributed by atoms with van der Waals surface area (Å²) in [5.74, 6) is -0.721. The molecule has 5 heteroatoms. The third-order valence-electron chi connectivity index (χ3n) is 6.40. The van der Waals surface area contributed by atoms with Crippen LogP contribution in [0.2, 0.25) is 0 Å². The Hall–Kier alpha value is -0.910. The number of unbranched alkanes of at least 4 members (excludes halogenated alkanes) is 6. The van der Waals surface area contributed by atoms with Gasteiger partial charge in [0.2, 0.25) is 0 Å². The Morgan fingerprint density at radius 3 is 1.97 bits per heavy atom. The van der Waals surface area contributed by atoms with Crippen molar-refractivity contribution in [3.63, 3.8) is 0 Å². The molecule has 3 heterocycles. The van der Waals surface area contributed by atoms with Crippen LogP contribution in [0.15, 0.2) is 12.2 Å². The number of carbonyl (C=O) groups is 1. The molecule has 0 spiro atoms. The van der Waals surface area contributed by atoms with Crippen molar-refractivity contribution in [2.24, 2.45) is 0 Å². The molecule has 3 aliphatic heterocycles. The first-order chi connectivity index (χ1) is 14.2. The fourth-order valence-electron chi connectivity index (χ4n) is 4.32. The van der Waals surface area contributed by atoms with E-state index < -0.39 is 5.97 Å². The van der Waals surface area contributed by atoms with Crippen molar-refractivity contribution < 1.29 is 24.1 Å². The molecule has 0 aromatic heterocycles. The van der Waals surface area contributed by atoms with Gasteiger partial charge in [-0.05, 0) is 32.1 Å². The van der Waals surface area contributed by atoms with Crippen LogP contribution in [-0.2, 0) is 19.0 Å². The summed E-state index contributed by atoms with van der Waals surface area (Å²) in [6, 6.07) is 0. The first kappa shape index (κ1) is 22.8. The topological polar surface area (TPSA) is 74.9 Å². The summed E-state index contributed by atoms with van der Waals surface area (Å²) in [6.07, 6.45) is 22.2. The molecule has 3 fully saturated rings. The minimum absolute atomic E-state index is 0.243. The van der Waals surface area contributed by atoms with Gasteiger partial charge in [0, 0.05) is 12.8 Å². The molecule has 6 unspecified atom stereocenters. The van der Waals surface area contributed by atoms with Gasteiger partial charge in [0.15, 0.2) is 0 Å². The van der Waals surface area contributed by atoms with Crippen LogP contribution in [0.4, 0.5) is 0 Å². The van der Waals surface area contributed by atoms with E-state index in [2.05, 4.69) is 19.1 Å². The molecule has 6 atom stereocenters. The van der Waals surface area contributed by atoms with E-state index in [0.29, 0.717) is 36.9 Å². The van der Waals surface area contributed by atoms with Crippen LogP contribution < -0.4 is 0 Å². The molecule has 3 saturated heterocycles. The zero-order chi connectivity index (χ0) is 20.5. The first-order valence-corrected chi connectivity index (χ1v) is 12.0. The van der Waals surface area contributed by atoms with E-state index in [1.807, 2.05) is 0 Å². The lowest BCUT2D eigenvalue weighted by molar-refractivity contribution is -0.137. The summed E-state index contributed by atoms with van der Waals surface area (Å²) in [4.78, 5) is 10.5. The quantitative estimate of drug-likeness (QED) is 0.186. The van der Waals surface area contributed by atoms with Crippen LogP contribution in [0, 0.1) is 0 Å². The molecule has 0 aliphatic carbocycles. The van der Waals surface area contributed by atoms with E-state index in [0.717, 1.165) is 25.7 Å². The molecule has 1 N–H and O–H groups in total. The van der Waals surface area contributed by atoms with Crippen LogP contribution in [0.3, 0.4) is 0 Å². The van der Waals surface area contributed by atoms with Crippen molar-refractivity contribution in [3.05, 3.63) is 12.2 Å². The fraction of sp³-hybridized carbons (Fsp3) is 0.875. The highest BCUT2D eigenvalue weighted by Crippen LogP contribution is 2.38. The lowest BCUT2D eigenvalue weighted by Gasteiger charge is -1.99. The smallest absolute Gasteiger partial charge is 0.303 e. The number of carboxylic acids is 1. The number of ether oxygens (including phenoxy) is 3. The Kier molecular flexibility index (Phi) is 9.47. The molecule has 0 aromatic carbocycles. The number of aliphatic carboxylic acids is 1. The Labute approximate surface area is 176 Å². The van der Waals surface area contributed by atoms with Gasteiger partial charge in [0.25, 0.3) is 0 Å². The number of rotatable bonds is 18. The minimum Gasteiger partial charge on any atom is -0.481 e. The Bertz CT molecular complexity index is 519. The minimum atomic E-state index is -0.721. The van der Waals surface area contributed by atoms with Gasteiger partial charge in [-0.2, -0.15) is 0 Å². The first-order valence-electron chi connectivity index (χ1n) is 12.0. The lowest BCUT2D eigenvalue weighted by Crippen LogP contribution is -2.01. The summed E-state index contributed by atoms with van der Waals surface area (Å²) in [6.45, 7) is 2.27. The highest BCUT2D eigenvalue weighted by molar-refractivity contribution is 5.66. The predicted octanol–water partition coefficient (Wildman–Crippen LogP) is 5.41. The number of carboxylic acid groups (broad SMARTS) is 1. The molecule has 5 nitrogen and oxygen atoms in total. The van der Waals surface area contributed by atoms with Crippen molar-refractivity contribution in [1.82, 2.24) is 0 Å². The largest absolute Gasteiger partial charge is 0.481 e. The highest BCUT2D eigenvalue weighted by atomic mass is 16.6. The fourth-order valence-corrected chi connectivity index (χ4v) is 4.32. The maximum Gasteiger partial charge on any atom is 0.303 e. The molecule has 0 radical (unpaired) electrons. The molecule has 3 aliphatic rings. The van der Waals surface area contributed by atoms with E-state index in [1.54, 1.807) is 0 Å². The van der Waals surface area contributed by atoms with Gasteiger partial charge in [-0.15, -0.1) is 0 Å². The Balaban J connectivity index is 1.11. The summed E-state index contributed by atoms with van der Waals surface area (Å²) in [5, 5.41) is 8.65. The maximum atomic E-state index is 10.5. The number of hydrogen-bond donors (Lipinski definition) is 1. The summed E-state index contributed by atoms with van der Waals surface area (Å²) >= 11 is 0. The SMILES string of the molecule is CCCCCCCCCC1OC1CC1OC1C/C=C/CC1OC1CCCC(=O)O. The highest BCUT2D eigenvalue weighted by Gasteiger charge is 2.47. The summed E-state index contributed by atoms with van der Waals surface area (Å²) in [5.41, 5.74) is 0. The second-order valence-corrected chi connectivity index (χ2v) is 9.01. The molecule has 29 heavy (non-hydrogen) atoms. The third-order valence-corrected chi connectivity index (χ3v) is 6.40. The standard InChI is InChI=1S/C24H40O5/c1-2-3-4-5-6-7-8-12-20-22(28-20)17-23-21(29-23)14-10-9-13-18-19(27-18)15-11-16-24(25)26/h9-10,18-23H,2-8,11-17H2,1H3,(H,25,26)/b10-9+. The number of epoxide rings is 3. The van der Waals surface area contributed by atoms with Crippen molar-refractivity contribution >= 4 is 5.97 Å². The average molecular weight is 409 g/mol. The molecule has 3 rings (SSSR count).